The first-order valence-electron chi connectivity index (χ1n) is 3.72. The average molecular weight is 201 g/mol. The zero-order chi connectivity index (χ0) is 9.84. The highest BCUT2D eigenvalue weighted by molar-refractivity contribution is 7.67. The number of hydroxylamine groups is 1. The van der Waals surface area contributed by atoms with Gasteiger partial charge in [0.25, 0.3) is 11.0 Å². The number of nitrogens with zero attached hydrogens (tertiary/aromatic N) is 1. The number of anilines is 1. The van der Waals surface area contributed by atoms with Crippen molar-refractivity contribution in [1.82, 2.24) is 0 Å². The predicted molar refractivity (Wildman–Crippen MR) is 51.0 cm³/mol. The first kappa shape index (κ1) is 10.0. The number of benzene rings is 1. The lowest BCUT2D eigenvalue weighted by molar-refractivity contribution is 0.320. The van der Waals surface area contributed by atoms with E-state index in [4.69, 9.17) is 0 Å². The van der Waals surface area contributed by atoms with Gasteiger partial charge in [0.2, 0.25) is 0 Å². The molecule has 72 valence electrons. The second-order valence-electron chi connectivity index (χ2n) is 2.64. The van der Waals surface area contributed by atoms with Gasteiger partial charge in [-0.15, -0.1) is 0 Å². The molecule has 1 rings (SSSR count). The van der Waals surface area contributed by atoms with Crippen molar-refractivity contribution in [2.24, 2.45) is 0 Å². The quantitative estimate of drug-likeness (QED) is 0.582. The molecule has 0 aliphatic carbocycles. The van der Waals surface area contributed by atoms with Crippen LogP contribution in [0.4, 0.5) is 5.69 Å². The Labute approximate surface area is 78.9 Å². The van der Waals surface area contributed by atoms with Crippen LogP contribution in [0.15, 0.2) is 24.3 Å². The summed E-state index contributed by atoms with van der Waals surface area (Å²) in [6, 6.07) is 7.36. The normalized spacial score (nSPS) is 10.4. The highest BCUT2D eigenvalue weighted by Crippen LogP contribution is 2.14. The van der Waals surface area contributed by atoms with Crippen LogP contribution >= 0.6 is 0 Å². The SMILES string of the molecule is Cc1cccc(N(C)O[SH](=O)=O)c1. The summed E-state index contributed by atoms with van der Waals surface area (Å²) in [6.45, 7) is 1.93. The number of aryl methyl sites for hydroxylation is 1. The van der Waals surface area contributed by atoms with E-state index in [0.717, 1.165) is 5.56 Å². The smallest absolute Gasteiger partial charge is 0.240 e. The molecule has 0 unspecified atom stereocenters. The molecule has 1 aromatic rings. The Bertz CT molecular complexity index is 354. The third kappa shape index (κ3) is 3.04. The van der Waals surface area contributed by atoms with E-state index >= 15 is 0 Å². The van der Waals surface area contributed by atoms with Crippen LogP contribution in [0.3, 0.4) is 0 Å². The van der Waals surface area contributed by atoms with Gasteiger partial charge in [0, 0.05) is 7.05 Å². The summed E-state index contributed by atoms with van der Waals surface area (Å²) >= 11 is 0. The fourth-order valence-electron chi connectivity index (χ4n) is 0.971. The Morgan fingerprint density at radius 3 is 2.62 bits per heavy atom. The van der Waals surface area contributed by atoms with E-state index < -0.39 is 11.0 Å². The third-order valence-corrected chi connectivity index (χ3v) is 1.93. The molecule has 0 spiro atoms. The fraction of sp³-hybridized carbons (Fsp3) is 0.250. The van der Waals surface area contributed by atoms with Crippen molar-refractivity contribution in [3.8, 4) is 0 Å². The number of hydrogen-bond donors (Lipinski definition) is 1. The van der Waals surface area contributed by atoms with E-state index in [-0.39, 0.29) is 0 Å². The molecule has 13 heavy (non-hydrogen) atoms. The van der Waals surface area contributed by atoms with Gasteiger partial charge in [0.1, 0.15) is 0 Å². The van der Waals surface area contributed by atoms with E-state index in [1.807, 2.05) is 25.1 Å². The lowest BCUT2D eigenvalue weighted by atomic mass is 10.2. The van der Waals surface area contributed by atoms with E-state index in [9.17, 15) is 8.42 Å². The summed E-state index contributed by atoms with van der Waals surface area (Å²) in [5.74, 6) is 0. The summed E-state index contributed by atoms with van der Waals surface area (Å²) in [5, 5.41) is 1.21. The second-order valence-corrected chi connectivity index (χ2v) is 3.25. The molecule has 0 heterocycles. The van der Waals surface area contributed by atoms with Gasteiger partial charge in [-0.3, -0.25) is 0 Å². The topological polar surface area (TPSA) is 46.6 Å². The highest BCUT2D eigenvalue weighted by atomic mass is 32.2. The van der Waals surface area contributed by atoms with Crippen molar-refractivity contribution < 1.29 is 12.7 Å². The monoisotopic (exact) mass is 201 g/mol. The van der Waals surface area contributed by atoms with Crippen LogP contribution in [-0.4, -0.2) is 15.5 Å². The molecule has 0 fully saturated rings. The van der Waals surface area contributed by atoms with Gasteiger partial charge in [0.15, 0.2) is 0 Å². The molecule has 0 aliphatic rings. The predicted octanol–water partition coefficient (Wildman–Crippen LogP) is 0.889. The summed E-state index contributed by atoms with van der Waals surface area (Å²) in [5.41, 5.74) is 1.76. The molecule has 0 radical (unpaired) electrons. The molecule has 5 heteroatoms. The minimum Gasteiger partial charge on any atom is -0.240 e. The molecule has 0 N–H and O–H groups in total. The molecule has 0 aliphatic heterocycles. The summed E-state index contributed by atoms with van der Waals surface area (Å²) in [4.78, 5) is 0. The van der Waals surface area contributed by atoms with Gasteiger partial charge < -0.3 is 0 Å². The van der Waals surface area contributed by atoms with Crippen LogP contribution in [-0.2, 0) is 15.3 Å². The maximum Gasteiger partial charge on any atom is 0.277 e. The Morgan fingerprint density at radius 1 is 1.38 bits per heavy atom. The van der Waals surface area contributed by atoms with E-state index in [2.05, 4.69) is 4.28 Å². The van der Waals surface area contributed by atoms with E-state index in [1.54, 1.807) is 13.1 Å². The molecule has 0 saturated heterocycles. The van der Waals surface area contributed by atoms with Crippen molar-refractivity contribution in [2.45, 2.75) is 6.92 Å². The third-order valence-electron chi connectivity index (χ3n) is 1.55. The van der Waals surface area contributed by atoms with Gasteiger partial charge in [-0.1, -0.05) is 12.1 Å². The van der Waals surface area contributed by atoms with Gasteiger partial charge >= 0.3 is 0 Å². The molecule has 0 aromatic heterocycles. The van der Waals surface area contributed by atoms with E-state index in [1.165, 1.54) is 5.06 Å². The largest absolute Gasteiger partial charge is 0.277 e. The summed E-state index contributed by atoms with van der Waals surface area (Å²) in [7, 11) is -1.31. The lowest BCUT2D eigenvalue weighted by Gasteiger charge is -2.14. The van der Waals surface area contributed by atoms with Crippen LogP contribution in [0.5, 0.6) is 0 Å². The van der Waals surface area contributed by atoms with Gasteiger partial charge in [0.05, 0.1) is 5.69 Å². The van der Waals surface area contributed by atoms with Crippen LogP contribution in [0.2, 0.25) is 0 Å². The molecule has 0 saturated carbocycles. The Kier molecular flexibility index (Phi) is 3.27. The number of hydrogen-bond acceptors (Lipinski definition) is 4. The highest BCUT2D eigenvalue weighted by Gasteiger charge is 2.01. The minimum absolute atomic E-state index is 0.708. The molecular formula is C8H11NO3S. The Balaban J connectivity index is 2.82. The van der Waals surface area contributed by atoms with E-state index in [0.29, 0.717) is 5.69 Å². The van der Waals surface area contributed by atoms with Gasteiger partial charge in [-0.05, 0) is 24.6 Å². The zero-order valence-corrected chi connectivity index (χ0v) is 8.32. The Morgan fingerprint density at radius 2 is 2.08 bits per heavy atom. The zero-order valence-electron chi connectivity index (χ0n) is 7.43. The van der Waals surface area contributed by atoms with Crippen LogP contribution in [0, 0.1) is 6.92 Å². The summed E-state index contributed by atoms with van der Waals surface area (Å²) in [6.07, 6.45) is 0. The standard InChI is InChI=1S/C8H11NO3S/c1-7-4-3-5-8(6-7)9(2)12-13(10)11/h3-6,13H,1-2H3. The van der Waals surface area contributed by atoms with Crippen molar-refractivity contribution in [1.29, 1.82) is 0 Å². The number of thiol groups is 1. The average Bonchev–Trinajstić information content (AvgIpc) is 2.03. The van der Waals surface area contributed by atoms with Gasteiger partial charge in [-0.2, -0.15) is 4.28 Å². The van der Waals surface area contributed by atoms with Crippen molar-refractivity contribution >= 4 is 16.7 Å². The van der Waals surface area contributed by atoms with Crippen molar-refractivity contribution in [3.63, 3.8) is 0 Å². The lowest BCUT2D eigenvalue weighted by Crippen LogP contribution is -2.16. The second kappa shape index (κ2) is 4.25. The van der Waals surface area contributed by atoms with Crippen molar-refractivity contribution in [3.05, 3.63) is 29.8 Å². The van der Waals surface area contributed by atoms with Crippen LogP contribution < -0.4 is 5.06 Å². The number of rotatable bonds is 3. The summed E-state index contributed by atoms with van der Waals surface area (Å²) < 4.78 is 25.0. The van der Waals surface area contributed by atoms with Crippen LogP contribution in [0.25, 0.3) is 0 Å². The molecule has 0 amide bonds. The molecule has 0 bridgehead atoms. The molecule has 1 aromatic carbocycles. The maximum absolute atomic E-state index is 10.2. The molecular weight excluding hydrogens is 190 g/mol. The molecule has 0 atom stereocenters. The van der Waals surface area contributed by atoms with Crippen LogP contribution in [0.1, 0.15) is 5.56 Å². The van der Waals surface area contributed by atoms with Crippen molar-refractivity contribution in [2.75, 3.05) is 12.1 Å². The minimum atomic E-state index is -2.85. The fourth-order valence-corrected chi connectivity index (χ4v) is 1.27. The maximum atomic E-state index is 10.2. The first-order chi connectivity index (χ1) is 6.09. The molecule has 4 nitrogen and oxygen atoms in total. The van der Waals surface area contributed by atoms with Gasteiger partial charge in [-0.25, -0.2) is 13.5 Å². The first-order valence-corrected chi connectivity index (χ1v) is 4.82. The Hall–Kier alpha value is -1.07.